The van der Waals surface area contributed by atoms with Crippen LogP contribution in [0.2, 0.25) is 0 Å². The fourth-order valence-electron chi connectivity index (χ4n) is 2.46. The van der Waals surface area contributed by atoms with Crippen molar-refractivity contribution in [1.82, 2.24) is 0 Å². The summed E-state index contributed by atoms with van der Waals surface area (Å²) < 4.78 is 69.9. The molecular weight excluding hydrogens is 357 g/mol. The Morgan fingerprint density at radius 2 is 1.68 bits per heavy atom. The van der Waals surface area contributed by atoms with Gasteiger partial charge in [0, 0.05) is 0 Å². The zero-order valence-corrected chi connectivity index (χ0v) is 13.6. The molecule has 0 amide bonds. The quantitative estimate of drug-likeness (QED) is 0.687. The van der Waals surface area contributed by atoms with Crippen LogP contribution in [0.4, 0.5) is 13.2 Å². The molecule has 130 valence electrons. The minimum atomic E-state index is -4.88. The van der Waals surface area contributed by atoms with E-state index in [1.54, 1.807) is 13.0 Å². The highest BCUT2D eigenvalue weighted by molar-refractivity contribution is 7.91. The van der Waals surface area contributed by atoms with Crippen LogP contribution in [-0.4, -0.2) is 8.42 Å². The van der Waals surface area contributed by atoms with Crippen LogP contribution in [0.3, 0.4) is 0 Å². The van der Waals surface area contributed by atoms with Gasteiger partial charge >= 0.3 is 6.18 Å². The first-order valence-corrected chi connectivity index (χ1v) is 8.54. The zero-order valence-electron chi connectivity index (χ0n) is 12.8. The SMILES string of the molecule is Cc1ccc2c(=O)c(S(=O)(=O)c3ccccc3C(F)(F)F)coc2c1. The molecule has 3 aromatic rings. The maximum absolute atomic E-state index is 13.1. The molecule has 4 nitrogen and oxygen atoms in total. The molecule has 0 fully saturated rings. The Balaban J connectivity index is 2.30. The Hall–Kier alpha value is -2.61. The van der Waals surface area contributed by atoms with Gasteiger partial charge in [-0.05, 0) is 36.8 Å². The molecule has 0 spiro atoms. The lowest BCUT2D eigenvalue weighted by atomic mass is 10.2. The standard InChI is InChI=1S/C17H11F3O4S/c1-10-6-7-11-13(8-10)24-9-15(16(11)21)25(22,23)14-5-3-2-4-12(14)17(18,19)20/h2-9H,1H3. The second-order valence-electron chi connectivity index (χ2n) is 5.43. The molecule has 8 heteroatoms. The fourth-order valence-corrected chi connectivity index (χ4v) is 3.95. The summed E-state index contributed by atoms with van der Waals surface area (Å²) in [7, 11) is -4.71. The first-order chi connectivity index (χ1) is 11.6. The van der Waals surface area contributed by atoms with Crippen LogP contribution in [0.25, 0.3) is 11.0 Å². The molecule has 0 radical (unpaired) electrons. The third kappa shape index (κ3) is 2.93. The maximum Gasteiger partial charge on any atom is 0.417 e. The van der Waals surface area contributed by atoms with Crippen molar-refractivity contribution >= 4 is 20.8 Å². The van der Waals surface area contributed by atoms with E-state index in [9.17, 15) is 26.4 Å². The van der Waals surface area contributed by atoms with E-state index in [2.05, 4.69) is 0 Å². The molecule has 0 atom stereocenters. The molecule has 0 aliphatic heterocycles. The van der Waals surface area contributed by atoms with Crippen LogP contribution < -0.4 is 5.43 Å². The van der Waals surface area contributed by atoms with Gasteiger partial charge < -0.3 is 4.42 Å². The van der Waals surface area contributed by atoms with Crippen LogP contribution in [-0.2, 0) is 16.0 Å². The molecule has 0 aliphatic carbocycles. The van der Waals surface area contributed by atoms with Crippen molar-refractivity contribution in [2.75, 3.05) is 0 Å². The Bertz CT molecular complexity index is 1130. The second-order valence-corrected chi connectivity index (χ2v) is 7.31. The number of sulfone groups is 1. The van der Waals surface area contributed by atoms with E-state index < -0.39 is 36.8 Å². The maximum atomic E-state index is 13.1. The van der Waals surface area contributed by atoms with Crippen molar-refractivity contribution in [3.05, 3.63) is 70.1 Å². The molecule has 1 heterocycles. The summed E-state index contributed by atoms with van der Waals surface area (Å²) in [6, 6.07) is 8.21. The predicted molar refractivity (Wildman–Crippen MR) is 84.1 cm³/mol. The summed E-state index contributed by atoms with van der Waals surface area (Å²) in [5.74, 6) is 0. The molecule has 2 aromatic carbocycles. The van der Waals surface area contributed by atoms with Gasteiger partial charge in [0.25, 0.3) is 0 Å². The van der Waals surface area contributed by atoms with Gasteiger partial charge in [0.2, 0.25) is 15.3 Å². The number of rotatable bonds is 2. The Morgan fingerprint density at radius 1 is 1.00 bits per heavy atom. The molecule has 25 heavy (non-hydrogen) atoms. The van der Waals surface area contributed by atoms with Gasteiger partial charge in [-0.1, -0.05) is 18.2 Å². The summed E-state index contributed by atoms with van der Waals surface area (Å²) in [5.41, 5.74) is -1.29. The highest BCUT2D eigenvalue weighted by Crippen LogP contribution is 2.35. The van der Waals surface area contributed by atoms with E-state index >= 15 is 0 Å². The van der Waals surface area contributed by atoms with Crippen molar-refractivity contribution < 1.29 is 26.0 Å². The van der Waals surface area contributed by atoms with Gasteiger partial charge in [-0.15, -0.1) is 0 Å². The van der Waals surface area contributed by atoms with E-state index in [0.717, 1.165) is 23.8 Å². The monoisotopic (exact) mass is 368 g/mol. The number of halogens is 3. The van der Waals surface area contributed by atoms with E-state index in [0.29, 0.717) is 12.3 Å². The number of fused-ring (bicyclic) bond motifs is 1. The third-order valence-corrected chi connectivity index (χ3v) is 5.47. The molecule has 0 bridgehead atoms. The Kier molecular flexibility index (Phi) is 3.95. The van der Waals surface area contributed by atoms with E-state index in [-0.39, 0.29) is 11.0 Å². The Labute approximate surface area is 140 Å². The summed E-state index contributed by atoms with van der Waals surface area (Å²) >= 11 is 0. The van der Waals surface area contributed by atoms with Crippen LogP contribution in [0, 0.1) is 6.92 Å². The minimum Gasteiger partial charge on any atom is -0.463 e. The van der Waals surface area contributed by atoms with Gasteiger partial charge in [-0.25, -0.2) is 8.42 Å². The first-order valence-electron chi connectivity index (χ1n) is 7.06. The van der Waals surface area contributed by atoms with E-state index in [4.69, 9.17) is 4.42 Å². The average Bonchev–Trinajstić information content (AvgIpc) is 2.54. The van der Waals surface area contributed by atoms with Crippen LogP contribution in [0.1, 0.15) is 11.1 Å². The smallest absolute Gasteiger partial charge is 0.417 e. The van der Waals surface area contributed by atoms with Crippen molar-refractivity contribution in [2.45, 2.75) is 22.9 Å². The van der Waals surface area contributed by atoms with Crippen molar-refractivity contribution in [3.8, 4) is 0 Å². The minimum absolute atomic E-state index is 0.0174. The highest BCUT2D eigenvalue weighted by atomic mass is 32.2. The summed E-state index contributed by atoms with van der Waals surface area (Å²) in [4.78, 5) is 10.7. The van der Waals surface area contributed by atoms with Gasteiger partial charge in [-0.3, -0.25) is 4.79 Å². The van der Waals surface area contributed by atoms with Gasteiger partial charge in [0.1, 0.15) is 11.8 Å². The summed E-state index contributed by atoms with van der Waals surface area (Å²) in [6.45, 7) is 1.75. The lowest BCUT2D eigenvalue weighted by Gasteiger charge is -2.12. The average molecular weight is 368 g/mol. The Morgan fingerprint density at radius 3 is 2.36 bits per heavy atom. The second kappa shape index (κ2) is 5.73. The van der Waals surface area contributed by atoms with Gasteiger partial charge in [-0.2, -0.15) is 13.2 Å². The first kappa shape index (κ1) is 17.2. The summed E-state index contributed by atoms with van der Waals surface area (Å²) in [5, 5.41) is -0.0174. The largest absolute Gasteiger partial charge is 0.463 e. The van der Waals surface area contributed by atoms with Crippen LogP contribution in [0.5, 0.6) is 0 Å². The number of hydrogen-bond donors (Lipinski definition) is 0. The predicted octanol–water partition coefficient (Wildman–Crippen LogP) is 3.95. The van der Waals surface area contributed by atoms with Crippen molar-refractivity contribution in [1.29, 1.82) is 0 Å². The van der Waals surface area contributed by atoms with E-state index in [1.807, 2.05) is 0 Å². The number of benzene rings is 2. The number of aryl methyl sites for hydroxylation is 1. The molecule has 0 N–H and O–H groups in total. The third-order valence-electron chi connectivity index (χ3n) is 3.67. The molecule has 1 aromatic heterocycles. The lowest BCUT2D eigenvalue weighted by molar-refractivity contribution is -0.139. The van der Waals surface area contributed by atoms with Crippen molar-refractivity contribution in [2.24, 2.45) is 0 Å². The highest BCUT2D eigenvalue weighted by Gasteiger charge is 2.38. The van der Waals surface area contributed by atoms with Crippen LogP contribution >= 0.6 is 0 Å². The van der Waals surface area contributed by atoms with Crippen LogP contribution in [0.15, 0.2) is 67.7 Å². The molecular formula is C17H11F3O4S. The number of hydrogen-bond acceptors (Lipinski definition) is 4. The summed E-state index contributed by atoms with van der Waals surface area (Å²) in [6.07, 6.45) is -4.19. The molecule has 0 unspecified atom stereocenters. The van der Waals surface area contributed by atoms with Crippen molar-refractivity contribution in [3.63, 3.8) is 0 Å². The van der Waals surface area contributed by atoms with E-state index in [1.165, 1.54) is 12.1 Å². The van der Waals surface area contributed by atoms with Gasteiger partial charge in [0.05, 0.1) is 15.8 Å². The molecule has 0 aliphatic rings. The molecule has 0 saturated heterocycles. The zero-order chi connectivity index (χ0) is 18.4. The molecule has 0 saturated carbocycles. The fraction of sp³-hybridized carbons (Fsp3) is 0.118. The normalized spacial score (nSPS) is 12.5. The number of alkyl halides is 3. The van der Waals surface area contributed by atoms with Gasteiger partial charge in [0.15, 0.2) is 4.90 Å². The lowest BCUT2D eigenvalue weighted by Crippen LogP contribution is -2.19. The topological polar surface area (TPSA) is 64.3 Å². The molecule has 3 rings (SSSR count).